The molecule has 1 aromatic rings. The van der Waals surface area contributed by atoms with Gasteiger partial charge < -0.3 is 0 Å². The molecule has 44 valence electrons. The van der Waals surface area contributed by atoms with Gasteiger partial charge in [-0.2, -0.15) is 0 Å². The fourth-order valence-corrected chi connectivity index (χ4v) is 0.600. The minimum absolute atomic E-state index is 0. The molecule has 0 amide bonds. The first-order chi connectivity index (χ1) is 3.39. The fourth-order valence-electron chi connectivity index (χ4n) is 0.428. The Morgan fingerprint density at radius 3 is 1.75 bits per heavy atom. The van der Waals surface area contributed by atoms with Crippen LogP contribution in [-0.4, -0.2) is 0 Å². The molecule has 0 atom stereocenters. The second-order valence-corrected chi connectivity index (χ2v) is 1.85. The Labute approximate surface area is 56.0 Å². The summed E-state index contributed by atoms with van der Waals surface area (Å²) in [6.45, 7) is 0. The molecule has 0 aliphatic rings. The quantitative estimate of drug-likeness (QED) is 0.507. The molecule has 0 radical (unpaired) electrons. The molecule has 1 heteroatoms. The summed E-state index contributed by atoms with van der Waals surface area (Å²) in [6.07, 6.45) is 0. The van der Waals surface area contributed by atoms with Crippen LogP contribution in [0, 0.1) is 0 Å². The maximum absolute atomic E-state index is 4.08. The van der Waals surface area contributed by atoms with Gasteiger partial charge in [0.2, 0.25) is 0 Å². The highest BCUT2D eigenvalue weighted by Gasteiger charge is 1.73. The maximum atomic E-state index is 4.08. The van der Waals surface area contributed by atoms with Gasteiger partial charge in [-0.3, -0.25) is 0 Å². The predicted molar refractivity (Wildman–Crippen MR) is 40.4 cm³/mol. The third-order valence-corrected chi connectivity index (χ3v) is 1.05. The molecule has 0 N–H and O–H groups in total. The summed E-state index contributed by atoms with van der Waals surface area (Å²) in [5, 5.41) is 0. The lowest BCUT2D eigenvalue weighted by Gasteiger charge is -1.81. The summed E-state index contributed by atoms with van der Waals surface area (Å²) >= 11 is 4.08. The van der Waals surface area contributed by atoms with Gasteiger partial charge in [0.15, 0.2) is 0 Å². The topological polar surface area (TPSA) is 0 Å². The van der Waals surface area contributed by atoms with E-state index in [1.54, 1.807) is 0 Å². The molecule has 0 aromatic heterocycles. The zero-order chi connectivity index (χ0) is 5.11. The monoisotopic (exact) mass is 126 g/mol. The van der Waals surface area contributed by atoms with Gasteiger partial charge in [-0.05, 0) is 12.1 Å². The molecule has 0 unspecified atom stereocenters. The number of hydrogen-bond acceptors (Lipinski definition) is 1. The van der Waals surface area contributed by atoms with Crippen molar-refractivity contribution in [3.8, 4) is 0 Å². The van der Waals surface area contributed by atoms with Crippen LogP contribution in [0.1, 0.15) is 7.43 Å². The van der Waals surface area contributed by atoms with Crippen LogP contribution < -0.4 is 0 Å². The minimum Gasteiger partial charge on any atom is -0.143 e. The van der Waals surface area contributed by atoms with Crippen LogP contribution in [0.15, 0.2) is 35.2 Å². The maximum Gasteiger partial charge on any atom is 0.00399 e. The van der Waals surface area contributed by atoms with Crippen molar-refractivity contribution in [2.24, 2.45) is 0 Å². The Kier molecular flexibility index (Phi) is 3.37. The van der Waals surface area contributed by atoms with E-state index in [1.165, 1.54) is 0 Å². The van der Waals surface area contributed by atoms with E-state index in [0.717, 1.165) is 4.90 Å². The molecule has 1 aromatic carbocycles. The lowest BCUT2D eigenvalue weighted by atomic mass is 10.4. The second-order valence-electron chi connectivity index (χ2n) is 1.34. The zero-order valence-electron chi connectivity index (χ0n) is 3.83. The molecule has 0 nitrogen and oxygen atoms in total. The third kappa shape index (κ3) is 2.03. The average molecular weight is 126 g/mol. The van der Waals surface area contributed by atoms with Crippen molar-refractivity contribution >= 4 is 12.6 Å². The van der Waals surface area contributed by atoms with Gasteiger partial charge in [-0.1, -0.05) is 25.6 Å². The van der Waals surface area contributed by atoms with Crippen LogP contribution in [0.25, 0.3) is 0 Å². The van der Waals surface area contributed by atoms with E-state index < -0.39 is 0 Å². The molecule has 1 rings (SSSR count). The predicted octanol–water partition coefficient (Wildman–Crippen LogP) is 2.61. The highest BCUT2D eigenvalue weighted by atomic mass is 32.1. The Bertz CT molecular complexity index is 134. The summed E-state index contributed by atoms with van der Waals surface area (Å²) in [5.74, 6) is 0. The van der Waals surface area contributed by atoms with Crippen LogP contribution in [0.3, 0.4) is 0 Å². The Balaban J connectivity index is 0.000000490. The van der Waals surface area contributed by atoms with Crippen LogP contribution >= 0.6 is 12.6 Å². The SMILES string of the molecule is C.Sc1ccccc1. The number of hydrogen-bond donors (Lipinski definition) is 1. The van der Waals surface area contributed by atoms with Gasteiger partial charge in [-0.15, -0.1) is 12.6 Å². The fraction of sp³-hybridized carbons (Fsp3) is 0.143. The molecule has 0 spiro atoms. The van der Waals surface area contributed by atoms with Gasteiger partial charge in [0.25, 0.3) is 0 Å². The van der Waals surface area contributed by atoms with Gasteiger partial charge in [0.1, 0.15) is 0 Å². The Morgan fingerprint density at radius 1 is 1.00 bits per heavy atom. The summed E-state index contributed by atoms with van der Waals surface area (Å²) in [6, 6.07) is 9.79. The van der Waals surface area contributed by atoms with Crippen molar-refractivity contribution in [2.45, 2.75) is 12.3 Å². The van der Waals surface area contributed by atoms with E-state index >= 15 is 0 Å². The molecule has 0 bridgehead atoms. The molecule has 0 aliphatic carbocycles. The minimum atomic E-state index is 0. The molecular formula is C7H10S. The lowest BCUT2D eigenvalue weighted by molar-refractivity contribution is 1.48. The molecule has 0 saturated carbocycles. The zero-order valence-corrected chi connectivity index (χ0v) is 4.73. The first-order valence-electron chi connectivity index (χ1n) is 2.13. The van der Waals surface area contributed by atoms with Crippen molar-refractivity contribution in [1.82, 2.24) is 0 Å². The van der Waals surface area contributed by atoms with E-state index in [9.17, 15) is 0 Å². The van der Waals surface area contributed by atoms with Crippen LogP contribution in [0.2, 0.25) is 0 Å². The first-order valence-corrected chi connectivity index (χ1v) is 2.58. The second kappa shape index (κ2) is 3.56. The molecule has 0 saturated heterocycles. The van der Waals surface area contributed by atoms with Crippen LogP contribution in [0.4, 0.5) is 0 Å². The molecule has 8 heavy (non-hydrogen) atoms. The highest BCUT2D eigenvalue weighted by molar-refractivity contribution is 7.80. The summed E-state index contributed by atoms with van der Waals surface area (Å²) in [7, 11) is 0. The van der Waals surface area contributed by atoms with Crippen LogP contribution in [0.5, 0.6) is 0 Å². The summed E-state index contributed by atoms with van der Waals surface area (Å²) in [5.41, 5.74) is 0. The summed E-state index contributed by atoms with van der Waals surface area (Å²) in [4.78, 5) is 1.02. The molecule has 0 aliphatic heterocycles. The van der Waals surface area contributed by atoms with Gasteiger partial charge in [-0.25, -0.2) is 0 Å². The Hall–Kier alpha value is -0.430. The van der Waals surface area contributed by atoms with Crippen molar-refractivity contribution < 1.29 is 0 Å². The third-order valence-electron chi connectivity index (χ3n) is 0.756. The number of thiol groups is 1. The van der Waals surface area contributed by atoms with Crippen LogP contribution in [-0.2, 0) is 0 Å². The van der Waals surface area contributed by atoms with E-state index in [2.05, 4.69) is 12.6 Å². The van der Waals surface area contributed by atoms with E-state index in [0.29, 0.717) is 0 Å². The largest absolute Gasteiger partial charge is 0.143 e. The number of benzene rings is 1. The van der Waals surface area contributed by atoms with E-state index in [-0.39, 0.29) is 7.43 Å². The van der Waals surface area contributed by atoms with Gasteiger partial charge in [0.05, 0.1) is 0 Å². The van der Waals surface area contributed by atoms with Gasteiger partial charge in [0, 0.05) is 4.90 Å². The van der Waals surface area contributed by atoms with Crippen molar-refractivity contribution in [3.63, 3.8) is 0 Å². The Morgan fingerprint density at radius 2 is 1.50 bits per heavy atom. The van der Waals surface area contributed by atoms with E-state index in [4.69, 9.17) is 0 Å². The van der Waals surface area contributed by atoms with Crippen molar-refractivity contribution in [3.05, 3.63) is 30.3 Å². The van der Waals surface area contributed by atoms with Crippen molar-refractivity contribution in [1.29, 1.82) is 0 Å². The number of rotatable bonds is 0. The van der Waals surface area contributed by atoms with Gasteiger partial charge >= 0.3 is 0 Å². The average Bonchev–Trinajstić information content (AvgIpc) is 1.69. The van der Waals surface area contributed by atoms with E-state index in [1.807, 2.05) is 30.3 Å². The molecule has 0 heterocycles. The normalized spacial score (nSPS) is 7.62. The summed E-state index contributed by atoms with van der Waals surface area (Å²) < 4.78 is 0. The highest BCUT2D eigenvalue weighted by Crippen LogP contribution is 2.00. The standard InChI is InChI=1S/C6H6S.CH4/c7-6-4-2-1-3-5-6;/h1-5,7H;1H4. The molecule has 0 fully saturated rings. The first kappa shape index (κ1) is 7.57. The molecular weight excluding hydrogens is 116 g/mol. The lowest BCUT2D eigenvalue weighted by Crippen LogP contribution is -1.56. The smallest absolute Gasteiger partial charge is 0.00399 e. The van der Waals surface area contributed by atoms with Crippen molar-refractivity contribution in [2.75, 3.05) is 0 Å².